The molecule has 2 heterocycles. The van der Waals surface area contributed by atoms with Crippen LogP contribution in [0.1, 0.15) is 90.1 Å². The zero-order valence-electron chi connectivity index (χ0n) is 26.8. The van der Waals surface area contributed by atoms with E-state index in [0.717, 1.165) is 6.42 Å². The molecule has 244 valence electrons. The van der Waals surface area contributed by atoms with Crippen molar-refractivity contribution in [2.24, 2.45) is 34.3 Å². The number of nitrogens with one attached hydrogen (secondary N) is 2. The molecule has 5 atom stereocenters. The Kier molecular flexibility index (Phi) is 8.56. The number of rotatable bonds is 10. The van der Waals surface area contributed by atoms with Gasteiger partial charge in [-0.05, 0) is 79.2 Å². The third-order valence-corrected chi connectivity index (χ3v) is 10.3. The minimum atomic E-state index is -1.39. The highest BCUT2D eigenvalue weighted by Crippen LogP contribution is 2.65. The van der Waals surface area contributed by atoms with Crippen molar-refractivity contribution in [1.29, 1.82) is 0 Å². The molecular weight excluding hydrogens is 578 g/mol. The number of nitrogens with zero attached hydrogens (tertiary/aromatic N) is 2. The average molecular weight is 624 g/mol. The number of amides is 4. The molecule has 0 spiro atoms. The highest BCUT2D eigenvalue weighted by molar-refractivity contribution is 6.38. The number of alkyl carbamates (subject to hydrolysis) is 1. The van der Waals surface area contributed by atoms with E-state index < -0.39 is 58.7 Å². The van der Waals surface area contributed by atoms with Crippen LogP contribution in [0.2, 0.25) is 0 Å². The van der Waals surface area contributed by atoms with Gasteiger partial charge >= 0.3 is 6.09 Å². The Morgan fingerprint density at radius 2 is 1.69 bits per heavy atom. The van der Waals surface area contributed by atoms with Crippen LogP contribution in [0.15, 0.2) is 24.4 Å². The number of hydrogen-bond acceptors (Lipinski definition) is 8. The molecular formula is C33H45N5O7. The highest BCUT2D eigenvalue weighted by atomic mass is 16.6. The second-order valence-corrected chi connectivity index (χ2v) is 14.9. The summed E-state index contributed by atoms with van der Waals surface area (Å²) in [4.78, 5) is 85.1. The van der Waals surface area contributed by atoms with E-state index in [1.54, 1.807) is 39.0 Å². The Morgan fingerprint density at radius 3 is 2.24 bits per heavy atom. The van der Waals surface area contributed by atoms with Crippen LogP contribution < -0.4 is 16.4 Å². The van der Waals surface area contributed by atoms with E-state index in [9.17, 15) is 28.8 Å². The molecule has 45 heavy (non-hydrogen) atoms. The molecule has 5 rings (SSSR count). The number of ether oxygens (including phenoxy) is 1. The Labute approximate surface area is 263 Å². The van der Waals surface area contributed by atoms with Crippen LogP contribution in [0, 0.1) is 28.6 Å². The fraction of sp³-hybridized carbons (Fsp3) is 0.667. The molecule has 1 unspecified atom stereocenters. The summed E-state index contributed by atoms with van der Waals surface area (Å²) in [6.45, 7) is 9.78. The maximum atomic E-state index is 14.3. The fourth-order valence-corrected chi connectivity index (χ4v) is 7.40. The van der Waals surface area contributed by atoms with Crippen LogP contribution in [-0.4, -0.2) is 75.5 Å². The van der Waals surface area contributed by atoms with E-state index in [-0.39, 0.29) is 34.6 Å². The Hall–Kier alpha value is -3.83. The zero-order valence-corrected chi connectivity index (χ0v) is 26.8. The standard InChI is InChI=1S/C33H45N5O7/c1-31(2,3)25(37-30(44)45-33(14-8-6-9-15-33)26(40)20-11-7-10-16-35-20)29(43)38-17-19-21(32(19,4)5)23(38)28(42)36-22(18-12-13-18)24(39)27(34)41/h7,10-11,16,18-19,21-23,25H,6,8-9,12-15,17H2,1-5H3,(H2,34,41)(H,36,42)(H,37,44)/t19-,21-,22?,23-,25+/m0/s1. The first-order valence-corrected chi connectivity index (χ1v) is 16.0. The largest absolute Gasteiger partial charge is 0.434 e. The van der Waals surface area contributed by atoms with Crippen molar-refractivity contribution >= 4 is 35.4 Å². The molecule has 1 aliphatic heterocycles. The lowest BCUT2D eigenvalue weighted by atomic mass is 9.80. The van der Waals surface area contributed by atoms with Gasteiger partial charge < -0.3 is 26.0 Å². The number of likely N-dealkylation sites (tertiary alicyclic amines) is 1. The normalized spacial score (nSPS) is 26.1. The van der Waals surface area contributed by atoms with Crippen LogP contribution in [0.3, 0.4) is 0 Å². The summed E-state index contributed by atoms with van der Waals surface area (Å²) in [5, 5.41) is 5.50. The van der Waals surface area contributed by atoms with E-state index in [4.69, 9.17) is 10.5 Å². The van der Waals surface area contributed by atoms with Gasteiger partial charge in [-0.25, -0.2) is 4.79 Å². The summed E-state index contributed by atoms with van der Waals surface area (Å²) in [6.07, 6.45) is 5.03. The quantitative estimate of drug-likeness (QED) is 0.263. The maximum absolute atomic E-state index is 14.3. The van der Waals surface area contributed by atoms with Crippen LogP contribution in [0.5, 0.6) is 0 Å². The molecule has 1 aromatic heterocycles. The molecule has 0 bridgehead atoms. The van der Waals surface area contributed by atoms with E-state index >= 15 is 0 Å². The maximum Gasteiger partial charge on any atom is 0.408 e. The minimum Gasteiger partial charge on any atom is -0.434 e. The Morgan fingerprint density at radius 1 is 1.02 bits per heavy atom. The molecule has 1 aromatic rings. The highest BCUT2D eigenvalue weighted by Gasteiger charge is 2.70. The first kappa shape index (κ1) is 32.6. The van der Waals surface area contributed by atoms with Crippen LogP contribution in [0.25, 0.3) is 0 Å². The number of Topliss-reactive ketones (excluding diaryl/α,β-unsaturated/α-hetero) is 2. The molecule has 12 nitrogen and oxygen atoms in total. The molecule has 4 amide bonds. The minimum absolute atomic E-state index is 0.0532. The van der Waals surface area contributed by atoms with Gasteiger partial charge in [0.25, 0.3) is 5.91 Å². The number of aromatic nitrogens is 1. The summed E-state index contributed by atoms with van der Waals surface area (Å²) in [7, 11) is 0. The van der Waals surface area contributed by atoms with Crippen molar-refractivity contribution in [2.45, 2.75) is 103 Å². The van der Waals surface area contributed by atoms with Gasteiger partial charge in [0.05, 0.1) is 0 Å². The van der Waals surface area contributed by atoms with E-state index in [1.165, 1.54) is 11.1 Å². The van der Waals surface area contributed by atoms with Crippen molar-refractivity contribution in [3.63, 3.8) is 0 Å². The SMILES string of the molecule is CC(C)(C)[C@H](NC(=O)OC1(C(=O)c2ccccn2)CCCCC1)C(=O)N1C[C@H]2[C@@H]([C@H]1C(=O)NC(C(=O)C(N)=O)C1CC1)C2(C)C. The summed E-state index contributed by atoms with van der Waals surface area (Å²) in [6, 6.07) is 2.00. The predicted molar refractivity (Wildman–Crippen MR) is 162 cm³/mol. The lowest BCUT2D eigenvalue weighted by Gasteiger charge is -2.39. The third-order valence-electron chi connectivity index (χ3n) is 10.3. The predicted octanol–water partition coefficient (Wildman–Crippen LogP) is 2.54. The smallest absolute Gasteiger partial charge is 0.408 e. The molecule has 0 radical (unpaired) electrons. The van der Waals surface area contributed by atoms with Gasteiger partial charge in [0, 0.05) is 12.7 Å². The molecule has 0 aromatic carbocycles. The molecule has 4 N–H and O–H groups in total. The number of nitrogens with two attached hydrogens (primary N) is 1. The summed E-state index contributed by atoms with van der Waals surface area (Å²) < 4.78 is 5.93. The van der Waals surface area contributed by atoms with Crippen molar-refractivity contribution in [3.05, 3.63) is 30.1 Å². The van der Waals surface area contributed by atoms with Crippen LogP contribution in [-0.2, 0) is 23.9 Å². The summed E-state index contributed by atoms with van der Waals surface area (Å²) in [5.74, 6) is -3.55. The lowest BCUT2D eigenvalue weighted by Crippen LogP contribution is -2.61. The van der Waals surface area contributed by atoms with Crippen molar-refractivity contribution in [3.8, 4) is 0 Å². The number of fused-ring (bicyclic) bond motifs is 1. The Balaban J connectivity index is 1.36. The van der Waals surface area contributed by atoms with Gasteiger partial charge in [-0.2, -0.15) is 0 Å². The number of carbonyl (C=O) groups excluding carboxylic acids is 6. The van der Waals surface area contributed by atoms with Gasteiger partial charge in [0.2, 0.25) is 23.4 Å². The molecule has 3 saturated carbocycles. The van der Waals surface area contributed by atoms with Crippen molar-refractivity contribution in [1.82, 2.24) is 20.5 Å². The number of ketones is 2. The molecule has 12 heteroatoms. The molecule has 3 aliphatic carbocycles. The summed E-state index contributed by atoms with van der Waals surface area (Å²) >= 11 is 0. The number of pyridine rings is 1. The molecule has 1 saturated heterocycles. The van der Waals surface area contributed by atoms with Gasteiger partial charge in [-0.1, -0.05) is 47.1 Å². The second-order valence-electron chi connectivity index (χ2n) is 14.9. The number of primary amides is 1. The van der Waals surface area contributed by atoms with Crippen molar-refractivity contribution in [2.75, 3.05) is 6.54 Å². The zero-order chi connectivity index (χ0) is 32.9. The van der Waals surface area contributed by atoms with E-state index in [2.05, 4.69) is 15.6 Å². The Bertz CT molecular complexity index is 1380. The topological polar surface area (TPSA) is 178 Å². The van der Waals surface area contributed by atoms with Gasteiger partial charge in [0.15, 0.2) is 5.60 Å². The number of carbonyl (C=O) groups is 6. The fourth-order valence-electron chi connectivity index (χ4n) is 7.40. The second kappa shape index (κ2) is 11.8. The molecule has 4 aliphatic rings. The monoisotopic (exact) mass is 623 g/mol. The van der Waals surface area contributed by atoms with Gasteiger partial charge in [-0.15, -0.1) is 0 Å². The number of hydrogen-bond donors (Lipinski definition) is 3. The summed E-state index contributed by atoms with van der Waals surface area (Å²) in [5.41, 5.74) is 3.09. The van der Waals surface area contributed by atoms with E-state index in [1.807, 2.05) is 13.8 Å². The van der Waals surface area contributed by atoms with Gasteiger partial charge in [0.1, 0.15) is 23.8 Å². The van der Waals surface area contributed by atoms with Gasteiger partial charge in [-0.3, -0.25) is 29.0 Å². The van der Waals surface area contributed by atoms with Crippen molar-refractivity contribution < 1.29 is 33.5 Å². The molecule has 4 fully saturated rings. The lowest BCUT2D eigenvalue weighted by molar-refractivity contribution is -0.145. The number of piperidine rings is 1. The average Bonchev–Trinajstić information content (AvgIpc) is 3.86. The van der Waals surface area contributed by atoms with E-state index in [0.29, 0.717) is 45.1 Å². The first-order valence-electron chi connectivity index (χ1n) is 16.0. The third kappa shape index (κ3) is 6.33. The van der Waals surface area contributed by atoms with Crippen LogP contribution >= 0.6 is 0 Å². The van der Waals surface area contributed by atoms with Crippen LogP contribution in [0.4, 0.5) is 4.79 Å². The first-order chi connectivity index (χ1) is 21.1.